The Morgan fingerprint density at radius 3 is 2.90 bits per heavy atom. The van der Waals surface area contributed by atoms with Crippen molar-refractivity contribution >= 4 is 11.7 Å². The number of methoxy groups -OCH3 is 1. The van der Waals surface area contributed by atoms with Crippen LogP contribution in [-0.4, -0.2) is 38.2 Å². The highest BCUT2D eigenvalue weighted by Crippen LogP contribution is 2.25. The van der Waals surface area contributed by atoms with Gasteiger partial charge in [0.25, 0.3) is 5.69 Å². The van der Waals surface area contributed by atoms with Gasteiger partial charge in [-0.05, 0) is 17.4 Å². The van der Waals surface area contributed by atoms with Gasteiger partial charge in [-0.3, -0.25) is 14.9 Å². The molecule has 0 fully saturated rings. The van der Waals surface area contributed by atoms with Gasteiger partial charge in [0, 0.05) is 17.2 Å². The third-order valence-electron chi connectivity index (χ3n) is 2.70. The molecule has 1 heterocycles. The number of nitrogens with zero attached hydrogens (tertiary/aromatic N) is 5. The third kappa shape index (κ3) is 2.60. The fourth-order valence-corrected chi connectivity index (χ4v) is 1.65. The largest absolute Gasteiger partial charge is 0.468 e. The van der Waals surface area contributed by atoms with Crippen LogP contribution in [0.2, 0.25) is 0 Å². The maximum absolute atomic E-state index is 11.2. The Morgan fingerprint density at radius 2 is 2.25 bits per heavy atom. The fourth-order valence-electron chi connectivity index (χ4n) is 1.65. The summed E-state index contributed by atoms with van der Waals surface area (Å²) >= 11 is 0. The van der Waals surface area contributed by atoms with Crippen molar-refractivity contribution in [2.75, 3.05) is 7.11 Å². The molecule has 1 aromatic heterocycles. The number of hydrogen-bond acceptors (Lipinski definition) is 7. The van der Waals surface area contributed by atoms with Crippen LogP contribution < -0.4 is 0 Å². The summed E-state index contributed by atoms with van der Waals surface area (Å²) in [6.45, 7) is 1.47. The molecular formula is C11H11N5O4. The van der Waals surface area contributed by atoms with Crippen molar-refractivity contribution in [3.63, 3.8) is 0 Å². The fraction of sp³-hybridized carbons (Fsp3) is 0.273. The number of nitro groups is 1. The van der Waals surface area contributed by atoms with Crippen molar-refractivity contribution in [1.29, 1.82) is 0 Å². The number of aromatic nitrogens is 4. The number of carbonyl (C=O) groups excluding carboxylic acids is 1. The van der Waals surface area contributed by atoms with Crippen LogP contribution >= 0.6 is 0 Å². The average molecular weight is 277 g/mol. The Bertz CT molecular complexity index is 667. The zero-order valence-electron chi connectivity index (χ0n) is 10.8. The quantitative estimate of drug-likeness (QED) is 0.459. The Morgan fingerprint density at radius 1 is 1.50 bits per heavy atom. The molecule has 0 aliphatic rings. The lowest BCUT2D eigenvalue weighted by Gasteiger charge is -2.04. The molecule has 2 rings (SSSR count). The van der Waals surface area contributed by atoms with Gasteiger partial charge >= 0.3 is 5.97 Å². The molecular weight excluding hydrogens is 266 g/mol. The van der Waals surface area contributed by atoms with Crippen LogP contribution in [0.3, 0.4) is 0 Å². The zero-order valence-corrected chi connectivity index (χ0v) is 10.8. The lowest BCUT2D eigenvalue weighted by atomic mass is 10.1. The zero-order chi connectivity index (χ0) is 14.7. The van der Waals surface area contributed by atoms with Gasteiger partial charge in [0.15, 0.2) is 5.82 Å². The predicted octanol–water partition coefficient (Wildman–Crippen LogP) is 0.730. The first-order valence-electron chi connectivity index (χ1n) is 5.61. The second-order valence-corrected chi connectivity index (χ2v) is 3.99. The number of tetrazole rings is 1. The van der Waals surface area contributed by atoms with E-state index in [1.54, 1.807) is 19.1 Å². The first-order valence-corrected chi connectivity index (χ1v) is 5.61. The van der Waals surface area contributed by atoms with Crippen LogP contribution in [0, 0.1) is 17.0 Å². The first kappa shape index (κ1) is 13.6. The highest BCUT2D eigenvalue weighted by Gasteiger charge is 2.17. The van der Waals surface area contributed by atoms with E-state index in [1.165, 1.54) is 17.9 Å². The standard InChI is InChI=1S/C11H11N5O4/c1-7-3-4-8(5-9(7)16(18)19)11-12-13-14-15(11)6-10(17)20-2/h3-5H,6H2,1-2H3. The van der Waals surface area contributed by atoms with Gasteiger partial charge in [0.1, 0.15) is 6.54 Å². The highest BCUT2D eigenvalue weighted by molar-refractivity contribution is 5.70. The second-order valence-electron chi connectivity index (χ2n) is 3.99. The summed E-state index contributed by atoms with van der Waals surface area (Å²) in [7, 11) is 1.25. The van der Waals surface area contributed by atoms with Crippen LogP contribution in [0.15, 0.2) is 18.2 Å². The summed E-state index contributed by atoms with van der Waals surface area (Å²) in [5.41, 5.74) is 0.956. The van der Waals surface area contributed by atoms with E-state index in [1.807, 2.05) is 0 Å². The Hall–Kier alpha value is -2.84. The Labute approximate surface area is 113 Å². The molecule has 0 N–H and O–H groups in total. The van der Waals surface area contributed by atoms with Gasteiger partial charge in [-0.25, -0.2) is 4.68 Å². The minimum Gasteiger partial charge on any atom is -0.468 e. The summed E-state index contributed by atoms with van der Waals surface area (Å²) in [6, 6.07) is 4.63. The molecule has 0 saturated heterocycles. The van der Waals surface area contributed by atoms with Gasteiger partial charge in [-0.2, -0.15) is 0 Å². The molecule has 9 nitrogen and oxygen atoms in total. The van der Waals surface area contributed by atoms with Gasteiger partial charge < -0.3 is 4.74 Å². The van der Waals surface area contributed by atoms with Crippen LogP contribution in [0.25, 0.3) is 11.4 Å². The molecule has 0 saturated carbocycles. The van der Waals surface area contributed by atoms with Crippen molar-refractivity contribution in [2.45, 2.75) is 13.5 Å². The summed E-state index contributed by atoms with van der Waals surface area (Å²) in [6.07, 6.45) is 0. The maximum atomic E-state index is 11.2. The Balaban J connectivity index is 2.42. The number of rotatable bonds is 4. The highest BCUT2D eigenvalue weighted by atomic mass is 16.6. The lowest BCUT2D eigenvalue weighted by Crippen LogP contribution is -2.14. The van der Waals surface area contributed by atoms with Crippen molar-refractivity contribution < 1.29 is 14.5 Å². The first-order chi connectivity index (χ1) is 9.52. The van der Waals surface area contributed by atoms with Crippen LogP contribution in [0.1, 0.15) is 5.56 Å². The van der Waals surface area contributed by atoms with E-state index < -0.39 is 10.9 Å². The number of aryl methyl sites for hydroxylation is 1. The number of nitro benzene ring substituents is 1. The third-order valence-corrected chi connectivity index (χ3v) is 2.70. The summed E-state index contributed by atoms with van der Waals surface area (Å²) < 4.78 is 5.75. The van der Waals surface area contributed by atoms with Gasteiger partial charge in [0.2, 0.25) is 0 Å². The van der Waals surface area contributed by atoms with E-state index >= 15 is 0 Å². The van der Waals surface area contributed by atoms with Crippen molar-refractivity contribution in [1.82, 2.24) is 20.2 Å². The minimum absolute atomic E-state index is 0.0323. The summed E-state index contributed by atoms with van der Waals surface area (Å²) in [5, 5.41) is 21.8. The van der Waals surface area contributed by atoms with Gasteiger partial charge in [0.05, 0.1) is 12.0 Å². The topological polar surface area (TPSA) is 113 Å². The normalized spacial score (nSPS) is 10.3. The smallest absolute Gasteiger partial charge is 0.327 e. The van der Waals surface area contributed by atoms with E-state index in [0.29, 0.717) is 11.1 Å². The van der Waals surface area contributed by atoms with E-state index in [9.17, 15) is 14.9 Å². The van der Waals surface area contributed by atoms with E-state index in [0.717, 1.165) is 0 Å². The lowest BCUT2D eigenvalue weighted by molar-refractivity contribution is -0.385. The monoisotopic (exact) mass is 277 g/mol. The van der Waals surface area contributed by atoms with Crippen molar-refractivity contribution in [3.8, 4) is 11.4 Å². The van der Waals surface area contributed by atoms with Crippen molar-refractivity contribution in [2.24, 2.45) is 0 Å². The molecule has 0 aliphatic heterocycles. The molecule has 0 radical (unpaired) electrons. The molecule has 104 valence electrons. The minimum atomic E-state index is -0.514. The number of hydrogen-bond donors (Lipinski definition) is 0. The van der Waals surface area contributed by atoms with Crippen molar-refractivity contribution in [3.05, 3.63) is 33.9 Å². The average Bonchev–Trinajstić information content (AvgIpc) is 2.87. The van der Waals surface area contributed by atoms with Crippen LogP contribution in [0.4, 0.5) is 5.69 Å². The van der Waals surface area contributed by atoms with Gasteiger partial charge in [-0.1, -0.05) is 12.1 Å². The number of benzene rings is 1. The molecule has 0 aliphatic carbocycles. The summed E-state index contributed by atoms with van der Waals surface area (Å²) in [5.74, 6) is -0.251. The molecule has 1 aromatic carbocycles. The molecule has 0 bridgehead atoms. The maximum Gasteiger partial charge on any atom is 0.327 e. The molecule has 20 heavy (non-hydrogen) atoms. The molecule has 2 aromatic rings. The van der Waals surface area contributed by atoms with Crippen LogP contribution in [0.5, 0.6) is 0 Å². The predicted molar refractivity (Wildman–Crippen MR) is 66.7 cm³/mol. The van der Waals surface area contributed by atoms with E-state index in [2.05, 4.69) is 20.3 Å². The Kier molecular flexibility index (Phi) is 3.69. The van der Waals surface area contributed by atoms with E-state index in [4.69, 9.17) is 0 Å². The number of carbonyl (C=O) groups is 1. The van der Waals surface area contributed by atoms with E-state index in [-0.39, 0.29) is 18.1 Å². The molecule has 9 heteroatoms. The number of esters is 1. The molecule has 0 spiro atoms. The summed E-state index contributed by atoms with van der Waals surface area (Å²) in [4.78, 5) is 21.7. The molecule has 0 amide bonds. The van der Waals surface area contributed by atoms with Crippen LogP contribution in [-0.2, 0) is 16.1 Å². The molecule has 0 unspecified atom stereocenters. The van der Waals surface area contributed by atoms with Gasteiger partial charge in [-0.15, -0.1) is 5.10 Å². The SMILES string of the molecule is COC(=O)Cn1nnnc1-c1ccc(C)c([N+](=O)[O-])c1. The molecule has 0 atom stereocenters. The number of ether oxygens (including phenoxy) is 1. The second kappa shape index (κ2) is 5.43.